The minimum Gasteiger partial charge on any atom is -0.207 e. The average molecular weight is 441 g/mol. The summed E-state index contributed by atoms with van der Waals surface area (Å²) in [6.45, 7) is -0.137. The number of halogens is 4. The van der Waals surface area contributed by atoms with Crippen molar-refractivity contribution in [2.45, 2.75) is 11.4 Å². The highest BCUT2D eigenvalue weighted by molar-refractivity contribution is 9.11. The lowest BCUT2D eigenvalue weighted by atomic mass is 10.2. The lowest BCUT2D eigenvalue weighted by Crippen LogP contribution is -2.23. The van der Waals surface area contributed by atoms with Crippen molar-refractivity contribution in [3.8, 4) is 0 Å². The Kier molecular flexibility index (Phi) is 5.13. The van der Waals surface area contributed by atoms with Crippen molar-refractivity contribution in [3.05, 3.63) is 62.5 Å². The van der Waals surface area contributed by atoms with E-state index in [0.717, 1.165) is 16.6 Å². The van der Waals surface area contributed by atoms with Gasteiger partial charge in [0.05, 0.1) is 4.90 Å². The quantitative estimate of drug-likeness (QED) is 0.781. The summed E-state index contributed by atoms with van der Waals surface area (Å²) in [7, 11) is -3.76. The molecular formula is C13H9Br2F2NO2S. The molecule has 0 bridgehead atoms. The summed E-state index contributed by atoms with van der Waals surface area (Å²) < 4.78 is 53.7. The van der Waals surface area contributed by atoms with Gasteiger partial charge in [0.25, 0.3) is 0 Å². The summed E-state index contributed by atoms with van der Waals surface area (Å²) in [4.78, 5) is 0.0632. The average Bonchev–Trinajstić information content (AvgIpc) is 2.40. The zero-order valence-corrected chi connectivity index (χ0v) is 14.4. The number of nitrogens with one attached hydrogen (secondary N) is 1. The van der Waals surface area contributed by atoms with Crippen LogP contribution in [-0.2, 0) is 16.6 Å². The molecule has 0 aromatic heterocycles. The molecule has 0 heterocycles. The largest absolute Gasteiger partial charge is 0.241 e. The Morgan fingerprint density at radius 2 is 1.71 bits per heavy atom. The molecule has 0 aliphatic rings. The lowest BCUT2D eigenvalue weighted by molar-refractivity contribution is 0.506. The molecule has 0 unspecified atom stereocenters. The van der Waals surface area contributed by atoms with Gasteiger partial charge in [-0.05, 0) is 51.8 Å². The molecule has 2 aromatic rings. The molecule has 3 nitrogen and oxygen atoms in total. The van der Waals surface area contributed by atoms with E-state index in [2.05, 4.69) is 36.6 Å². The first-order chi connectivity index (χ1) is 9.79. The van der Waals surface area contributed by atoms with E-state index in [1.54, 1.807) is 12.1 Å². The zero-order chi connectivity index (χ0) is 15.6. The highest BCUT2D eigenvalue weighted by Gasteiger charge is 2.17. The van der Waals surface area contributed by atoms with Crippen LogP contribution in [0.2, 0.25) is 0 Å². The second-order valence-electron chi connectivity index (χ2n) is 4.15. The van der Waals surface area contributed by atoms with Gasteiger partial charge in [-0.3, -0.25) is 0 Å². The van der Waals surface area contributed by atoms with Crippen LogP contribution in [0.3, 0.4) is 0 Å². The highest BCUT2D eigenvalue weighted by Crippen LogP contribution is 2.25. The fourth-order valence-electron chi connectivity index (χ4n) is 1.60. The molecule has 0 saturated carbocycles. The summed E-state index contributed by atoms with van der Waals surface area (Å²) in [5, 5.41) is 0. The summed E-state index contributed by atoms with van der Waals surface area (Å²) in [6.07, 6.45) is 0. The van der Waals surface area contributed by atoms with Crippen LogP contribution in [0.25, 0.3) is 0 Å². The van der Waals surface area contributed by atoms with Crippen molar-refractivity contribution in [3.63, 3.8) is 0 Å². The van der Waals surface area contributed by atoms with Gasteiger partial charge >= 0.3 is 0 Å². The molecule has 0 fully saturated rings. The van der Waals surface area contributed by atoms with Crippen LogP contribution in [0.15, 0.2) is 50.2 Å². The molecule has 8 heteroatoms. The third kappa shape index (κ3) is 4.09. The number of rotatable bonds is 4. The molecule has 0 saturated heterocycles. The van der Waals surface area contributed by atoms with Crippen LogP contribution in [-0.4, -0.2) is 8.42 Å². The van der Waals surface area contributed by atoms with Gasteiger partial charge < -0.3 is 0 Å². The maximum absolute atomic E-state index is 13.1. The number of benzene rings is 2. The normalized spacial score (nSPS) is 11.6. The van der Waals surface area contributed by atoms with E-state index < -0.39 is 21.7 Å². The smallest absolute Gasteiger partial charge is 0.207 e. The topological polar surface area (TPSA) is 46.2 Å². The minimum absolute atomic E-state index is 0.0632. The van der Waals surface area contributed by atoms with Gasteiger partial charge in [0.15, 0.2) is 11.6 Å². The van der Waals surface area contributed by atoms with E-state index in [0.29, 0.717) is 10.0 Å². The van der Waals surface area contributed by atoms with Crippen LogP contribution in [0.1, 0.15) is 5.56 Å². The molecular weight excluding hydrogens is 432 g/mol. The van der Waals surface area contributed by atoms with Gasteiger partial charge in [-0.1, -0.05) is 22.0 Å². The zero-order valence-electron chi connectivity index (χ0n) is 10.4. The molecule has 0 atom stereocenters. The van der Waals surface area contributed by atoms with Gasteiger partial charge in [-0.15, -0.1) is 0 Å². The first-order valence-electron chi connectivity index (χ1n) is 5.68. The van der Waals surface area contributed by atoms with E-state index >= 15 is 0 Å². The maximum atomic E-state index is 13.1. The molecule has 21 heavy (non-hydrogen) atoms. The van der Waals surface area contributed by atoms with E-state index in [9.17, 15) is 17.2 Å². The Morgan fingerprint density at radius 3 is 2.33 bits per heavy atom. The van der Waals surface area contributed by atoms with Crippen LogP contribution in [0.5, 0.6) is 0 Å². The summed E-state index contributed by atoms with van der Waals surface area (Å²) in [6, 6.07) is 7.85. The Labute approximate surface area is 137 Å². The molecule has 0 aliphatic heterocycles. The number of sulfonamides is 1. The van der Waals surface area contributed by atoms with Gasteiger partial charge in [0, 0.05) is 15.5 Å². The third-order valence-corrected chi connectivity index (χ3v) is 5.50. The molecule has 2 rings (SSSR count). The summed E-state index contributed by atoms with van der Waals surface area (Å²) in [5.41, 5.74) is 0.325. The maximum Gasteiger partial charge on any atom is 0.241 e. The lowest BCUT2D eigenvalue weighted by Gasteiger charge is -2.09. The second-order valence-corrected chi connectivity index (χ2v) is 7.65. The Morgan fingerprint density at radius 1 is 1.00 bits per heavy atom. The van der Waals surface area contributed by atoms with Crippen LogP contribution >= 0.6 is 31.9 Å². The standard InChI is InChI=1S/C13H9Br2F2NO2S/c14-9-2-4-13(10(15)6-9)21(19,20)18-7-8-1-3-11(16)12(17)5-8/h1-6,18H,7H2. The predicted molar refractivity (Wildman–Crippen MR) is 82.2 cm³/mol. The Bertz CT molecular complexity index is 782. The fourth-order valence-corrected chi connectivity index (χ4v) is 4.36. The Balaban J connectivity index is 2.19. The van der Waals surface area contributed by atoms with E-state index in [-0.39, 0.29) is 11.4 Å². The summed E-state index contributed by atoms with van der Waals surface area (Å²) in [5.74, 6) is -1.99. The molecule has 0 amide bonds. The van der Waals surface area contributed by atoms with Gasteiger partial charge in [0.2, 0.25) is 10.0 Å². The van der Waals surface area contributed by atoms with Crippen molar-refractivity contribution < 1.29 is 17.2 Å². The first kappa shape index (κ1) is 16.5. The van der Waals surface area contributed by atoms with Gasteiger partial charge in [-0.2, -0.15) is 0 Å². The highest BCUT2D eigenvalue weighted by atomic mass is 79.9. The third-order valence-electron chi connectivity index (χ3n) is 2.63. The van der Waals surface area contributed by atoms with Gasteiger partial charge in [0.1, 0.15) is 0 Å². The van der Waals surface area contributed by atoms with E-state index in [1.165, 1.54) is 12.1 Å². The minimum atomic E-state index is -3.76. The van der Waals surface area contributed by atoms with Gasteiger partial charge in [-0.25, -0.2) is 21.9 Å². The monoisotopic (exact) mass is 439 g/mol. The van der Waals surface area contributed by atoms with Crippen molar-refractivity contribution >= 4 is 41.9 Å². The molecule has 1 N–H and O–H groups in total. The second kappa shape index (κ2) is 6.51. The fraction of sp³-hybridized carbons (Fsp3) is 0.0769. The van der Waals surface area contributed by atoms with Crippen molar-refractivity contribution in [1.82, 2.24) is 4.72 Å². The number of hydrogen-bond acceptors (Lipinski definition) is 2. The Hall–Kier alpha value is -0.830. The van der Waals surface area contributed by atoms with Crippen LogP contribution in [0, 0.1) is 11.6 Å². The predicted octanol–water partition coefficient (Wildman–Crippen LogP) is 3.97. The number of hydrogen-bond donors (Lipinski definition) is 1. The SMILES string of the molecule is O=S(=O)(NCc1ccc(F)c(F)c1)c1ccc(Br)cc1Br. The van der Waals surface area contributed by atoms with Crippen molar-refractivity contribution in [2.75, 3.05) is 0 Å². The first-order valence-corrected chi connectivity index (χ1v) is 8.75. The molecule has 0 spiro atoms. The molecule has 0 radical (unpaired) electrons. The van der Waals surface area contributed by atoms with Crippen LogP contribution in [0.4, 0.5) is 8.78 Å². The van der Waals surface area contributed by atoms with E-state index in [1.807, 2.05) is 0 Å². The van der Waals surface area contributed by atoms with Crippen LogP contribution < -0.4 is 4.72 Å². The van der Waals surface area contributed by atoms with Crippen molar-refractivity contribution in [1.29, 1.82) is 0 Å². The van der Waals surface area contributed by atoms with Crippen molar-refractivity contribution in [2.24, 2.45) is 0 Å². The molecule has 112 valence electrons. The summed E-state index contributed by atoms with van der Waals surface area (Å²) >= 11 is 6.40. The molecule has 2 aromatic carbocycles. The van der Waals surface area contributed by atoms with E-state index in [4.69, 9.17) is 0 Å². The molecule has 0 aliphatic carbocycles.